The second kappa shape index (κ2) is 9.36. The van der Waals surface area contributed by atoms with E-state index < -0.39 is 41.6 Å². The summed E-state index contributed by atoms with van der Waals surface area (Å²) in [5.74, 6) is -3.60. The molecule has 5 N–H and O–H groups in total. The third kappa shape index (κ3) is 7.42. The Hall–Kier alpha value is -2.97. The molecule has 0 unspecified atom stereocenters. The molecule has 2 atom stereocenters. The van der Waals surface area contributed by atoms with Gasteiger partial charge in [-0.25, -0.2) is 4.39 Å². The average Bonchev–Trinajstić information content (AvgIpc) is 2.51. The van der Waals surface area contributed by atoms with E-state index in [1.165, 1.54) is 31.2 Å². The molecule has 0 spiro atoms. The third-order valence-corrected chi connectivity index (χ3v) is 3.35. The number of carbonyl (C=O) groups excluding carboxylic acids is 3. The van der Waals surface area contributed by atoms with Crippen LogP contribution in [0.25, 0.3) is 0 Å². The number of primary amides is 1. The molecule has 0 heterocycles. The number of rotatable bonds is 9. The largest absolute Gasteiger partial charge is 0.481 e. The summed E-state index contributed by atoms with van der Waals surface area (Å²) >= 11 is 0. The maximum Gasteiger partial charge on any atom is 0.303 e. The fourth-order valence-corrected chi connectivity index (χ4v) is 2.14. The lowest BCUT2D eigenvalue weighted by Crippen LogP contribution is -2.53. The van der Waals surface area contributed by atoms with E-state index in [0.29, 0.717) is 5.56 Å². The molecule has 136 valence electrons. The van der Waals surface area contributed by atoms with Crippen molar-refractivity contribution in [3.63, 3.8) is 0 Å². The molecular formula is C16H20FN3O5. The van der Waals surface area contributed by atoms with Crippen LogP contribution in [0, 0.1) is 5.82 Å². The van der Waals surface area contributed by atoms with Crippen molar-refractivity contribution in [1.82, 2.24) is 10.6 Å². The van der Waals surface area contributed by atoms with Gasteiger partial charge in [0.1, 0.15) is 17.9 Å². The molecular weight excluding hydrogens is 333 g/mol. The van der Waals surface area contributed by atoms with Gasteiger partial charge >= 0.3 is 5.97 Å². The van der Waals surface area contributed by atoms with E-state index in [9.17, 15) is 23.6 Å². The van der Waals surface area contributed by atoms with Crippen LogP contribution in [0.15, 0.2) is 24.3 Å². The van der Waals surface area contributed by atoms with Gasteiger partial charge in [0.25, 0.3) is 0 Å². The maximum absolute atomic E-state index is 13.0. The van der Waals surface area contributed by atoms with Gasteiger partial charge in [-0.05, 0) is 24.1 Å². The summed E-state index contributed by atoms with van der Waals surface area (Å²) in [5.41, 5.74) is 5.76. The fourth-order valence-electron chi connectivity index (χ4n) is 2.14. The molecule has 0 aliphatic rings. The zero-order valence-corrected chi connectivity index (χ0v) is 13.6. The van der Waals surface area contributed by atoms with Crippen LogP contribution >= 0.6 is 0 Å². The quantitative estimate of drug-likeness (QED) is 0.483. The van der Waals surface area contributed by atoms with Gasteiger partial charge in [0, 0.05) is 19.8 Å². The minimum absolute atomic E-state index is 0.0656. The summed E-state index contributed by atoms with van der Waals surface area (Å²) in [7, 11) is 0. The summed E-state index contributed by atoms with van der Waals surface area (Å²) < 4.78 is 13.0. The summed E-state index contributed by atoms with van der Waals surface area (Å²) in [4.78, 5) is 45.7. The van der Waals surface area contributed by atoms with E-state index in [1.807, 2.05) is 0 Å². The van der Waals surface area contributed by atoms with Crippen molar-refractivity contribution in [3.05, 3.63) is 35.6 Å². The molecule has 1 aromatic carbocycles. The first-order valence-electron chi connectivity index (χ1n) is 7.52. The lowest BCUT2D eigenvalue weighted by molar-refractivity contribution is -0.137. The normalized spacial score (nSPS) is 12.7. The van der Waals surface area contributed by atoms with E-state index in [0.717, 1.165) is 0 Å². The first-order valence-corrected chi connectivity index (χ1v) is 7.52. The Balaban J connectivity index is 2.83. The molecule has 1 rings (SSSR count). The highest BCUT2D eigenvalue weighted by atomic mass is 19.1. The number of carbonyl (C=O) groups is 4. The van der Waals surface area contributed by atoms with Crippen molar-refractivity contribution >= 4 is 23.7 Å². The van der Waals surface area contributed by atoms with E-state index in [-0.39, 0.29) is 19.3 Å². The Morgan fingerprint density at radius 1 is 1.12 bits per heavy atom. The van der Waals surface area contributed by atoms with E-state index in [1.54, 1.807) is 0 Å². The van der Waals surface area contributed by atoms with Crippen molar-refractivity contribution in [3.8, 4) is 0 Å². The van der Waals surface area contributed by atoms with Gasteiger partial charge in [-0.2, -0.15) is 0 Å². The van der Waals surface area contributed by atoms with E-state index in [2.05, 4.69) is 10.6 Å². The molecule has 25 heavy (non-hydrogen) atoms. The van der Waals surface area contributed by atoms with Crippen LogP contribution < -0.4 is 16.4 Å². The van der Waals surface area contributed by atoms with Crippen LogP contribution in [0.1, 0.15) is 25.3 Å². The van der Waals surface area contributed by atoms with Crippen molar-refractivity contribution in [2.75, 3.05) is 0 Å². The van der Waals surface area contributed by atoms with Crippen molar-refractivity contribution < 1.29 is 28.7 Å². The smallest absolute Gasteiger partial charge is 0.303 e. The van der Waals surface area contributed by atoms with Gasteiger partial charge in [0.05, 0.1) is 0 Å². The highest BCUT2D eigenvalue weighted by Crippen LogP contribution is 2.07. The fraction of sp³-hybridized carbons (Fsp3) is 0.375. The van der Waals surface area contributed by atoms with Crippen LogP contribution in [0.4, 0.5) is 4.39 Å². The number of nitrogens with two attached hydrogens (primary N) is 1. The van der Waals surface area contributed by atoms with Crippen LogP contribution in [-0.4, -0.2) is 40.9 Å². The molecule has 0 aliphatic heterocycles. The number of carboxylic acids is 1. The molecule has 0 saturated carbocycles. The minimum atomic E-state index is -1.17. The SMILES string of the molecule is CC(=O)N[C@@H](Cc1ccc(F)cc1)C(=O)N[C@@H](CCC(=O)O)C(N)=O. The summed E-state index contributed by atoms with van der Waals surface area (Å²) in [6, 6.07) is 3.18. The Labute approximate surface area is 143 Å². The molecule has 3 amide bonds. The molecule has 9 heteroatoms. The van der Waals surface area contributed by atoms with Gasteiger partial charge in [-0.15, -0.1) is 0 Å². The Kier molecular flexibility index (Phi) is 7.51. The predicted molar refractivity (Wildman–Crippen MR) is 85.7 cm³/mol. The Morgan fingerprint density at radius 2 is 1.72 bits per heavy atom. The first-order chi connectivity index (χ1) is 11.7. The molecule has 0 bridgehead atoms. The summed E-state index contributed by atoms with van der Waals surface area (Å²) in [6.07, 6.45) is -0.452. The van der Waals surface area contributed by atoms with Crippen LogP contribution in [-0.2, 0) is 25.6 Å². The lowest BCUT2D eigenvalue weighted by atomic mass is 10.0. The molecule has 8 nitrogen and oxygen atoms in total. The predicted octanol–water partition coefficient (Wildman–Crippen LogP) is -0.292. The average molecular weight is 353 g/mol. The van der Waals surface area contributed by atoms with Crippen LogP contribution in [0.3, 0.4) is 0 Å². The Morgan fingerprint density at radius 3 is 2.20 bits per heavy atom. The van der Waals surface area contributed by atoms with E-state index >= 15 is 0 Å². The highest BCUT2D eigenvalue weighted by Gasteiger charge is 2.25. The lowest BCUT2D eigenvalue weighted by Gasteiger charge is -2.21. The summed E-state index contributed by atoms with van der Waals surface area (Å²) in [6.45, 7) is 1.22. The zero-order chi connectivity index (χ0) is 19.0. The number of nitrogens with one attached hydrogen (secondary N) is 2. The second-order valence-corrected chi connectivity index (χ2v) is 5.48. The van der Waals surface area contributed by atoms with Gasteiger partial charge in [0.15, 0.2) is 0 Å². The number of aliphatic carboxylic acids is 1. The van der Waals surface area contributed by atoms with Crippen molar-refractivity contribution in [2.45, 2.75) is 38.3 Å². The minimum Gasteiger partial charge on any atom is -0.481 e. The number of amides is 3. The molecule has 0 aliphatic carbocycles. The second-order valence-electron chi connectivity index (χ2n) is 5.48. The van der Waals surface area contributed by atoms with Gasteiger partial charge in [-0.3, -0.25) is 19.2 Å². The summed E-state index contributed by atoms with van der Waals surface area (Å²) in [5, 5.41) is 13.5. The van der Waals surface area contributed by atoms with Gasteiger partial charge in [0.2, 0.25) is 17.7 Å². The monoisotopic (exact) mass is 353 g/mol. The molecule has 1 aromatic rings. The molecule has 0 aromatic heterocycles. The van der Waals surface area contributed by atoms with E-state index in [4.69, 9.17) is 10.8 Å². The number of hydrogen-bond donors (Lipinski definition) is 4. The molecule has 0 saturated heterocycles. The Bertz CT molecular complexity index is 648. The topological polar surface area (TPSA) is 139 Å². The van der Waals surface area contributed by atoms with Crippen LogP contribution in [0.5, 0.6) is 0 Å². The van der Waals surface area contributed by atoms with Crippen molar-refractivity contribution in [2.24, 2.45) is 5.73 Å². The van der Waals surface area contributed by atoms with Crippen molar-refractivity contribution in [1.29, 1.82) is 0 Å². The third-order valence-electron chi connectivity index (χ3n) is 3.35. The van der Waals surface area contributed by atoms with Gasteiger partial charge < -0.3 is 21.5 Å². The molecule has 0 fully saturated rings. The number of halogens is 1. The standard InChI is InChI=1S/C16H20FN3O5/c1-9(21)19-13(8-10-2-4-11(17)5-3-10)16(25)20-12(15(18)24)6-7-14(22)23/h2-5,12-13H,6-8H2,1H3,(H2,18,24)(H,19,21)(H,20,25)(H,22,23)/t12-,13-/m0/s1. The number of carboxylic acid groups (broad SMARTS) is 1. The zero-order valence-electron chi connectivity index (χ0n) is 13.6. The number of hydrogen-bond acceptors (Lipinski definition) is 4. The van der Waals surface area contributed by atoms with Gasteiger partial charge in [-0.1, -0.05) is 12.1 Å². The first kappa shape index (κ1) is 20.1. The number of benzene rings is 1. The van der Waals surface area contributed by atoms with Crippen LogP contribution in [0.2, 0.25) is 0 Å². The highest BCUT2D eigenvalue weighted by molar-refractivity contribution is 5.91. The molecule has 0 radical (unpaired) electrons. The maximum atomic E-state index is 13.0.